The maximum absolute atomic E-state index is 12.2. The molecule has 1 amide bonds. The van der Waals surface area contributed by atoms with Gasteiger partial charge in [0, 0.05) is 30.7 Å². The van der Waals surface area contributed by atoms with Gasteiger partial charge in [0.15, 0.2) is 0 Å². The van der Waals surface area contributed by atoms with Crippen LogP contribution in [0, 0.1) is 0 Å². The van der Waals surface area contributed by atoms with Crippen molar-refractivity contribution in [3.8, 4) is 0 Å². The van der Waals surface area contributed by atoms with Gasteiger partial charge in [-0.25, -0.2) is 0 Å². The second kappa shape index (κ2) is 7.75. The number of hydrogen-bond acceptors (Lipinski definition) is 4. The van der Waals surface area contributed by atoms with Crippen LogP contribution in [0.4, 0.5) is 0 Å². The third kappa shape index (κ3) is 3.95. The minimum absolute atomic E-state index is 0.0160. The van der Waals surface area contributed by atoms with Gasteiger partial charge in [0.1, 0.15) is 6.04 Å². The Morgan fingerprint density at radius 2 is 2.43 bits per heavy atom. The van der Waals surface area contributed by atoms with E-state index >= 15 is 0 Å². The average Bonchev–Trinajstić information content (AvgIpc) is 2.49. The fourth-order valence-electron chi connectivity index (χ4n) is 2.68. The predicted octanol–water partition coefficient (Wildman–Crippen LogP) is 1.18. The van der Waals surface area contributed by atoms with E-state index in [0.717, 1.165) is 5.56 Å². The fourth-order valence-corrected chi connectivity index (χ4v) is 2.88. The molecule has 1 saturated heterocycles. The molecule has 1 fully saturated rings. The number of hydrogen-bond donors (Lipinski definition) is 2. The molecule has 3 N–H and O–H groups in total. The van der Waals surface area contributed by atoms with Gasteiger partial charge in [0.2, 0.25) is 5.91 Å². The molecule has 0 bridgehead atoms. The Labute approximate surface area is 130 Å². The molecule has 2 atom stereocenters. The van der Waals surface area contributed by atoms with Crippen LogP contribution in [-0.4, -0.2) is 49.7 Å². The lowest BCUT2D eigenvalue weighted by molar-refractivity contribution is -0.134. The first-order valence-electron chi connectivity index (χ1n) is 7.24. The Morgan fingerprint density at radius 1 is 1.62 bits per heavy atom. The minimum atomic E-state index is -0.314. The van der Waals surface area contributed by atoms with E-state index in [4.69, 9.17) is 22.1 Å². The largest absolute Gasteiger partial charge is 0.378 e. The highest BCUT2D eigenvalue weighted by molar-refractivity contribution is 6.30. The van der Waals surface area contributed by atoms with E-state index in [1.807, 2.05) is 31.2 Å². The van der Waals surface area contributed by atoms with Crippen LogP contribution >= 0.6 is 11.6 Å². The second-order valence-electron chi connectivity index (χ2n) is 5.03. The summed E-state index contributed by atoms with van der Waals surface area (Å²) in [6.45, 7) is 4.61. The van der Waals surface area contributed by atoms with Crippen molar-refractivity contribution < 1.29 is 9.53 Å². The van der Waals surface area contributed by atoms with Crippen molar-refractivity contribution in [3.63, 3.8) is 0 Å². The first kappa shape index (κ1) is 16.2. The van der Waals surface area contributed by atoms with Crippen molar-refractivity contribution in [1.29, 1.82) is 0 Å². The highest BCUT2D eigenvalue weighted by Gasteiger charge is 2.34. The Morgan fingerprint density at radius 3 is 3.10 bits per heavy atom. The standard InChI is InChI=1S/C15H22ClN3O2/c1-2-18-15(20)14-10-21-7-6-19(14)13(9-17)11-4-3-5-12(16)8-11/h3-5,8,13-14H,2,6-7,9-10,17H2,1H3,(H,18,20). The monoisotopic (exact) mass is 311 g/mol. The smallest absolute Gasteiger partial charge is 0.239 e. The first-order chi connectivity index (χ1) is 10.2. The van der Waals surface area contributed by atoms with Crippen LogP contribution in [0.15, 0.2) is 24.3 Å². The molecular weight excluding hydrogens is 290 g/mol. The molecule has 0 aromatic heterocycles. The molecule has 21 heavy (non-hydrogen) atoms. The van der Waals surface area contributed by atoms with Crippen molar-refractivity contribution in [2.24, 2.45) is 5.73 Å². The molecule has 1 aromatic rings. The van der Waals surface area contributed by atoms with Gasteiger partial charge < -0.3 is 15.8 Å². The molecule has 2 rings (SSSR count). The van der Waals surface area contributed by atoms with Gasteiger partial charge in [0.05, 0.1) is 13.2 Å². The third-order valence-electron chi connectivity index (χ3n) is 3.68. The summed E-state index contributed by atoms with van der Waals surface area (Å²) in [4.78, 5) is 14.3. The zero-order valence-corrected chi connectivity index (χ0v) is 13.0. The van der Waals surface area contributed by atoms with Gasteiger partial charge in [-0.2, -0.15) is 0 Å². The van der Waals surface area contributed by atoms with E-state index in [1.165, 1.54) is 0 Å². The molecule has 0 aliphatic carbocycles. The number of carbonyl (C=O) groups is 1. The Balaban J connectivity index is 2.23. The molecule has 0 radical (unpaired) electrons. The van der Waals surface area contributed by atoms with Crippen molar-refractivity contribution in [2.75, 3.05) is 32.8 Å². The van der Waals surface area contributed by atoms with Gasteiger partial charge in [-0.15, -0.1) is 0 Å². The number of nitrogens with zero attached hydrogens (tertiary/aromatic N) is 1. The Hall–Kier alpha value is -1.14. The quantitative estimate of drug-likeness (QED) is 0.857. The van der Waals surface area contributed by atoms with Crippen LogP contribution in [0.1, 0.15) is 18.5 Å². The van der Waals surface area contributed by atoms with E-state index in [0.29, 0.717) is 37.9 Å². The molecule has 2 unspecified atom stereocenters. The van der Waals surface area contributed by atoms with E-state index in [-0.39, 0.29) is 18.0 Å². The number of carbonyl (C=O) groups excluding carboxylic acids is 1. The molecular formula is C15H22ClN3O2. The summed E-state index contributed by atoms with van der Waals surface area (Å²) in [5.41, 5.74) is 6.99. The predicted molar refractivity (Wildman–Crippen MR) is 83.2 cm³/mol. The first-order valence-corrected chi connectivity index (χ1v) is 7.62. The van der Waals surface area contributed by atoms with Gasteiger partial charge in [-0.3, -0.25) is 9.69 Å². The maximum atomic E-state index is 12.2. The molecule has 1 aliphatic rings. The third-order valence-corrected chi connectivity index (χ3v) is 3.92. The molecule has 1 aliphatic heterocycles. The summed E-state index contributed by atoms with van der Waals surface area (Å²) in [5, 5.41) is 3.53. The number of benzene rings is 1. The number of rotatable bonds is 5. The van der Waals surface area contributed by atoms with Crippen LogP contribution in [0.5, 0.6) is 0 Å². The maximum Gasteiger partial charge on any atom is 0.239 e. The number of halogens is 1. The molecule has 0 spiro atoms. The zero-order chi connectivity index (χ0) is 15.2. The van der Waals surface area contributed by atoms with E-state index in [9.17, 15) is 4.79 Å². The van der Waals surface area contributed by atoms with Crippen molar-refractivity contribution in [1.82, 2.24) is 10.2 Å². The van der Waals surface area contributed by atoms with Gasteiger partial charge in [-0.05, 0) is 24.6 Å². The van der Waals surface area contributed by atoms with Gasteiger partial charge in [0.25, 0.3) is 0 Å². The van der Waals surface area contributed by atoms with Gasteiger partial charge in [-0.1, -0.05) is 23.7 Å². The summed E-state index contributed by atoms with van der Waals surface area (Å²) >= 11 is 6.07. The zero-order valence-electron chi connectivity index (χ0n) is 12.2. The van der Waals surface area contributed by atoms with E-state index in [1.54, 1.807) is 0 Å². The Bertz CT molecular complexity index is 484. The summed E-state index contributed by atoms with van der Waals surface area (Å²) in [7, 11) is 0. The number of ether oxygens (including phenoxy) is 1. The summed E-state index contributed by atoms with van der Waals surface area (Å²) < 4.78 is 5.46. The summed E-state index contributed by atoms with van der Waals surface area (Å²) in [6.07, 6.45) is 0. The molecule has 1 aromatic carbocycles. The highest BCUT2D eigenvalue weighted by atomic mass is 35.5. The van der Waals surface area contributed by atoms with Crippen molar-refractivity contribution in [3.05, 3.63) is 34.9 Å². The molecule has 116 valence electrons. The number of amides is 1. The Kier molecular flexibility index (Phi) is 5.99. The van der Waals surface area contributed by atoms with Crippen molar-refractivity contribution >= 4 is 17.5 Å². The second-order valence-corrected chi connectivity index (χ2v) is 5.47. The van der Waals surface area contributed by atoms with Crippen LogP contribution < -0.4 is 11.1 Å². The van der Waals surface area contributed by atoms with Crippen LogP contribution in [0.2, 0.25) is 5.02 Å². The normalized spacial score (nSPS) is 21.0. The average molecular weight is 312 g/mol. The summed E-state index contributed by atoms with van der Waals surface area (Å²) in [5.74, 6) is -0.0160. The molecule has 1 heterocycles. The number of likely N-dealkylation sites (N-methyl/N-ethyl adjacent to an activating group) is 1. The number of nitrogens with one attached hydrogen (secondary N) is 1. The molecule has 6 heteroatoms. The molecule has 5 nitrogen and oxygen atoms in total. The number of morpholine rings is 1. The van der Waals surface area contributed by atoms with E-state index in [2.05, 4.69) is 10.2 Å². The lowest BCUT2D eigenvalue weighted by atomic mass is 10.0. The molecule has 0 saturated carbocycles. The van der Waals surface area contributed by atoms with Crippen molar-refractivity contribution in [2.45, 2.75) is 19.0 Å². The van der Waals surface area contributed by atoms with E-state index < -0.39 is 0 Å². The minimum Gasteiger partial charge on any atom is -0.378 e. The topological polar surface area (TPSA) is 67.6 Å². The van der Waals surface area contributed by atoms with Crippen LogP contribution in [0.25, 0.3) is 0 Å². The number of nitrogens with two attached hydrogens (primary N) is 1. The SMILES string of the molecule is CCNC(=O)C1COCCN1C(CN)c1cccc(Cl)c1. The van der Waals surface area contributed by atoms with Gasteiger partial charge >= 0.3 is 0 Å². The lowest BCUT2D eigenvalue weighted by Crippen LogP contribution is -2.55. The van der Waals surface area contributed by atoms with Crippen LogP contribution in [0.3, 0.4) is 0 Å². The fraction of sp³-hybridized carbons (Fsp3) is 0.533. The van der Waals surface area contributed by atoms with Crippen LogP contribution in [-0.2, 0) is 9.53 Å². The highest BCUT2D eigenvalue weighted by Crippen LogP contribution is 2.26. The summed E-state index contributed by atoms with van der Waals surface area (Å²) in [6, 6.07) is 7.28. The lowest BCUT2D eigenvalue weighted by Gasteiger charge is -2.39.